The van der Waals surface area contributed by atoms with Crippen molar-refractivity contribution in [1.29, 1.82) is 0 Å². The summed E-state index contributed by atoms with van der Waals surface area (Å²) < 4.78 is 0. The first-order valence-corrected chi connectivity index (χ1v) is 14.2. The van der Waals surface area contributed by atoms with Crippen molar-refractivity contribution < 1.29 is 9.59 Å². The third-order valence-electron chi connectivity index (χ3n) is 7.41. The second-order valence-electron chi connectivity index (χ2n) is 10.4. The van der Waals surface area contributed by atoms with Gasteiger partial charge in [-0.1, -0.05) is 103 Å². The molecule has 1 saturated carbocycles. The zero-order chi connectivity index (χ0) is 27.1. The minimum absolute atomic E-state index is 0.0931. The van der Waals surface area contributed by atoms with Crippen LogP contribution in [0, 0.1) is 13.8 Å². The van der Waals surface area contributed by atoms with Crippen molar-refractivity contribution in [2.45, 2.75) is 77.4 Å². The maximum atomic E-state index is 14.0. The Bertz CT molecular complexity index is 1260. The summed E-state index contributed by atoms with van der Waals surface area (Å²) in [6, 6.07) is 20.9. The molecule has 0 aromatic heterocycles. The molecule has 38 heavy (non-hydrogen) atoms. The summed E-state index contributed by atoms with van der Waals surface area (Å²) >= 11 is 12.5. The Morgan fingerprint density at radius 3 is 2.34 bits per heavy atom. The van der Waals surface area contributed by atoms with E-state index in [-0.39, 0.29) is 30.8 Å². The molecule has 0 bridgehead atoms. The molecule has 3 aromatic rings. The first-order valence-electron chi connectivity index (χ1n) is 13.4. The predicted octanol–water partition coefficient (Wildman–Crippen LogP) is 7.24. The zero-order valence-corrected chi connectivity index (χ0v) is 23.7. The van der Waals surface area contributed by atoms with Gasteiger partial charge >= 0.3 is 0 Å². The van der Waals surface area contributed by atoms with E-state index in [1.807, 2.05) is 62.4 Å². The van der Waals surface area contributed by atoms with E-state index in [1.165, 1.54) is 6.42 Å². The van der Waals surface area contributed by atoms with Crippen LogP contribution in [0.3, 0.4) is 0 Å². The van der Waals surface area contributed by atoms with Crippen LogP contribution < -0.4 is 5.32 Å². The standard InChI is InChI=1S/C32H36Cl2N2O2/c1-22-13-14-23(2)26(17-22)20-31(37)36(21-25-15-16-28(33)29(34)18-25)30(19-24-9-5-3-6-10-24)32(38)35-27-11-7-4-8-12-27/h3,5-6,9-10,13-18,27,30H,4,7-8,11-12,19-21H2,1-2H3,(H,35,38)/t30-/m1/s1. The van der Waals surface area contributed by atoms with Gasteiger partial charge in [0, 0.05) is 19.0 Å². The average Bonchev–Trinajstić information content (AvgIpc) is 2.91. The fourth-order valence-corrected chi connectivity index (χ4v) is 5.51. The molecule has 200 valence electrons. The molecule has 0 radical (unpaired) electrons. The number of rotatable bonds is 9. The van der Waals surface area contributed by atoms with Gasteiger partial charge in [0.05, 0.1) is 16.5 Å². The van der Waals surface area contributed by atoms with Crippen LogP contribution in [0.4, 0.5) is 0 Å². The van der Waals surface area contributed by atoms with Crippen molar-refractivity contribution in [3.8, 4) is 0 Å². The summed E-state index contributed by atoms with van der Waals surface area (Å²) in [7, 11) is 0. The topological polar surface area (TPSA) is 49.4 Å². The lowest BCUT2D eigenvalue weighted by atomic mass is 9.94. The Hall–Kier alpha value is -2.82. The molecule has 1 atom stereocenters. The van der Waals surface area contributed by atoms with Gasteiger partial charge in [0.25, 0.3) is 0 Å². The predicted molar refractivity (Wildman–Crippen MR) is 156 cm³/mol. The van der Waals surface area contributed by atoms with Crippen LogP contribution in [0.1, 0.15) is 59.9 Å². The third kappa shape index (κ3) is 7.61. The largest absolute Gasteiger partial charge is 0.352 e. The van der Waals surface area contributed by atoms with E-state index in [2.05, 4.69) is 11.4 Å². The van der Waals surface area contributed by atoms with E-state index in [9.17, 15) is 9.59 Å². The Labute approximate surface area is 236 Å². The lowest BCUT2D eigenvalue weighted by Crippen LogP contribution is -2.53. The second-order valence-corrected chi connectivity index (χ2v) is 11.2. The molecule has 1 aliphatic carbocycles. The Kier molecular flexibility index (Phi) is 9.87. The molecule has 0 heterocycles. The van der Waals surface area contributed by atoms with Crippen LogP contribution in [0.15, 0.2) is 66.7 Å². The molecular weight excluding hydrogens is 515 g/mol. The van der Waals surface area contributed by atoms with Crippen molar-refractivity contribution in [3.63, 3.8) is 0 Å². The highest BCUT2D eigenvalue weighted by Gasteiger charge is 2.32. The van der Waals surface area contributed by atoms with E-state index in [0.29, 0.717) is 16.5 Å². The second kappa shape index (κ2) is 13.3. The molecule has 1 fully saturated rings. The summed E-state index contributed by atoms with van der Waals surface area (Å²) in [5.41, 5.74) is 4.97. The van der Waals surface area contributed by atoms with Crippen molar-refractivity contribution in [1.82, 2.24) is 10.2 Å². The van der Waals surface area contributed by atoms with Crippen LogP contribution in [0.25, 0.3) is 0 Å². The van der Waals surface area contributed by atoms with Crippen LogP contribution in [0.5, 0.6) is 0 Å². The lowest BCUT2D eigenvalue weighted by molar-refractivity contribution is -0.141. The van der Waals surface area contributed by atoms with Crippen molar-refractivity contribution >= 4 is 35.0 Å². The number of nitrogens with one attached hydrogen (secondary N) is 1. The molecule has 2 amide bonds. The van der Waals surface area contributed by atoms with Gasteiger partial charge in [0.15, 0.2) is 0 Å². The molecule has 0 saturated heterocycles. The lowest BCUT2D eigenvalue weighted by Gasteiger charge is -2.34. The number of nitrogens with zero attached hydrogens (tertiary/aromatic N) is 1. The third-order valence-corrected chi connectivity index (χ3v) is 8.14. The van der Waals surface area contributed by atoms with Crippen LogP contribution in [-0.2, 0) is 29.0 Å². The fourth-order valence-electron chi connectivity index (χ4n) is 5.19. The summed E-state index contributed by atoms with van der Waals surface area (Å²) in [5, 5.41) is 4.17. The Morgan fingerprint density at radius 2 is 1.63 bits per heavy atom. The number of halogens is 2. The van der Waals surface area contributed by atoms with E-state index in [4.69, 9.17) is 23.2 Å². The Balaban J connectivity index is 1.69. The van der Waals surface area contributed by atoms with Crippen molar-refractivity contribution in [2.24, 2.45) is 0 Å². The molecular formula is C32H36Cl2N2O2. The normalized spacial score (nSPS) is 14.6. The van der Waals surface area contributed by atoms with Crippen LogP contribution in [0.2, 0.25) is 10.0 Å². The van der Waals surface area contributed by atoms with E-state index in [1.54, 1.807) is 17.0 Å². The summed E-state index contributed by atoms with van der Waals surface area (Å²) in [5.74, 6) is -0.195. The van der Waals surface area contributed by atoms with Crippen LogP contribution >= 0.6 is 23.2 Å². The minimum Gasteiger partial charge on any atom is -0.352 e. The highest BCUT2D eigenvalue weighted by atomic mass is 35.5. The molecule has 0 aliphatic heterocycles. The first kappa shape index (κ1) is 28.2. The van der Waals surface area contributed by atoms with E-state index < -0.39 is 6.04 Å². The van der Waals surface area contributed by atoms with Gasteiger partial charge in [0.1, 0.15) is 6.04 Å². The summed E-state index contributed by atoms with van der Waals surface area (Å²) in [4.78, 5) is 29.7. The SMILES string of the molecule is Cc1ccc(C)c(CC(=O)N(Cc2ccc(Cl)c(Cl)c2)[C@H](Cc2ccccc2)C(=O)NC2CCCCC2)c1. The van der Waals surface area contributed by atoms with Gasteiger partial charge in [-0.3, -0.25) is 9.59 Å². The number of carbonyl (C=O) groups is 2. The highest BCUT2D eigenvalue weighted by Crippen LogP contribution is 2.25. The van der Waals surface area contributed by atoms with Gasteiger partial charge in [-0.05, 0) is 61.1 Å². The van der Waals surface area contributed by atoms with Gasteiger partial charge < -0.3 is 10.2 Å². The molecule has 0 spiro atoms. The van der Waals surface area contributed by atoms with Crippen molar-refractivity contribution in [3.05, 3.63) is 105 Å². The molecule has 1 N–H and O–H groups in total. The van der Waals surface area contributed by atoms with Gasteiger partial charge in [-0.25, -0.2) is 0 Å². The quantitative estimate of drug-likeness (QED) is 0.305. The fraction of sp³-hybridized carbons (Fsp3) is 0.375. The molecule has 3 aromatic carbocycles. The number of hydrogen-bond donors (Lipinski definition) is 1. The number of carbonyl (C=O) groups excluding carboxylic acids is 2. The summed E-state index contributed by atoms with van der Waals surface area (Å²) in [6.07, 6.45) is 6.05. The highest BCUT2D eigenvalue weighted by molar-refractivity contribution is 6.42. The smallest absolute Gasteiger partial charge is 0.243 e. The van der Waals surface area contributed by atoms with Crippen molar-refractivity contribution in [2.75, 3.05) is 0 Å². The van der Waals surface area contributed by atoms with Crippen LogP contribution in [-0.4, -0.2) is 28.8 Å². The maximum absolute atomic E-state index is 14.0. The van der Waals surface area contributed by atoms with Gasteiger partial charge in [-0.15, -0.1) is 0 Å². The monoisotopic (exact) mass is 550 g/mol. The number of amides is 2. The molecule has 0 unspecified atom stereocenters. The minimum atomic E-state index is -0.661. The first-order chi connectivity index (χ1) is 18.3. The molecule has 4 nitrogen and oxygen atoms in total. The maximum Gasteiger partial charge on any atom is 0.243 e. The number of benzene rings is 3. The molecule has 4 rings (SSSR count). The van der Waals surface area contributed by atoms with E-state index in [0.717, 1.165) is 53.5 Å². The molecule has 6 heteroatoms. The number of hydrogen-bond acceptors (Lipinski definition) is 2. The number of aryl methyl sites for hydroxylation is 2. The van der Waals surface area contributed by atoms with Gasteiger partial charge in [-0.2, -0.15) is 0 Å². The van der Waals surface area contributed by atoms with Gasteiger partial charge in [0.2, 0.25) is 11.8 Å². The average molecular weight is 552 g/mol. The molecule has 1 aliphatic rings. The zero-order valence-electron chi connectivity index (χ0n) is 22.2. The van der Waals surface area contributed by atoms with E-state index >= 15 is 0 Å². The summed E-state index contributed by atoms with van der Waals surface area (Å²) in [6.45, 7) is 4.30. The Morgan fingerprint density at radius 1 is 0.895 bits per heavy atom.